The molecule has 0 radical (unpaired) electrons. The lowest BCUT2D eigenvalue weighted by Gasteiger charge is -2.42. The van der Waals surface area contributed by atoms with Crippen molar-refractivity contribution in [2.45, 2.75) is 32.5 Å². The maximum Gasteiger partial charge on any atom is 0.153 e. The van der Waals surface area contributed by atoms with Gasteiger partial charge >= 0.3 is 0 Å². The van der Waals surface area contributed by atoms with E-state index in [-0.39, 0.29) is 23.6 Å². The van der Waals surface area contributed by atoms with Gasteiger partial charge in [0, 0.05) is 44.1 Å². The number of hydrogen-bond acceptors (Lipinski definition) is 5. The van der Waals surface area contributed by atoms with Crippen LogP contribution < -0.4 is 0 Å². The average Bonchev–Trinajstić information content (AvgIpc) is 3.17. The van der Waals surface area contributed by atoms with Gasteiger partial charge in [-0.3, -0.25) is 9.80 Å². The first kappa shape index (κ1) is 17.7. The fraction of sp³-hybridized carbons (Fsp3) is 0.526. The van der Waals surface area contributed by atoms with Gasteiger partial charge in [-0.15, -0.1) is 0 Å². The molecule has 0 amide bonds. The van der Waals surface area contributed by atoms with Gasteiger partial charge in [0.25, 0.3) is 0 Å². The molecular weight excluding hydrogens is 348 g/mol. The number of sulfone groups is 1. The van der Waals surface area contributed by atoms with Crippen LogP contribution in [0, 0.1) is 13.8 Å². The van der Waals surface area contributed by atoms with Gasteiger partial charge in [0.05, 0.1) is 17.2 Å². The van der Waals surface area contributed by atoms with Crippen molar-refractivity contribution in [2.24, 2.45) is 0 Å². The largest absolute Gasteiger partial charge is 0.300 e. The van der Waals surface area contributed by atoms with E-state index in [1.54, 1.807) is 6.20 Å². The molecule has 0 bridgehead atoms. The lowest BCUT2D eigenvalue weighted by molar-refractivity contribution is 0.0572. The summed E-state index contributed by atoms with van der Waals surface area (Å²) >= 11 is 0. The Morgan fingerprint density at radius 3 is 2.65 bits per heavy atom. The van der Waals surface area contributed by atoms with Crippen molar-refractivity contribution in [2.75, 3.05) is 31.6 Å². The minimum atomic E-state index is -2.96. The van der Waals surface area contributed by atoms with E-state index in [0.29, 0.717) is 0 Å². The summed E-state index contributed by atoms with van der Waals surface area (Å²) in [6, 6.07) is 6.49. The first-order chi connectivity index (χ1) is 12.3. The number of likely N-dealkylation sites (N-methyl/N-ethyl adjacent to an activating group) is 1. The van der Waals surface area contributed by atoms with E-state index in [4.69, 9.17) is 0 Å². The minimum absolute atomic E-state index is 0.0741. The molecule has 140 valence electrons. The standard InChI is InChI=1S/C19H26N4O2S/c1-14-9-15(2)19(23-6-4-5-20-23)16(10-14)11-22-8-7-21(3)17-12-26(24,25)13-18(17)22/h4-6,9-10,17-18H,7-8,11-13H2,1-3H3/t17-,18+/m0/s1. The molecule has 0 N–H and O–H groups in total. The van der Waals surface area contributed by atoms with E-state index in [0.717, 1.165) is 25.3 Å². The molecule has 6 nitrogen and oxygen atoms in total. The zero-order valence-corrected chi connectivity index (χ0v) is 16.4. The van der Waals surface area contributed by atoms with Crippen molar-refractivity contribution >= 4 is 9.84 Å². The molecule has 7 heteroatoms. The Kier molecular flexibility index (Phi) is 4.41. The van der Waals surface area contributed by atoms with E-state index in [2.05, 4.69) is 40.9 Å². The third-order valence-electron chi connectivity index (χ3n) is 5.70. The summed E-state index contributed by atoms with van der Waals surface area (Å²) in [6.07, 6.45) is 3.76. The minimum Gasteiger partial charge on any atom is -0.300 e. The Morgan fingerprint density at radius 2 is 1.92 bits per heavy atom. The van der Waals surface area contributed by atoms with Gasteiger partial charge in [0.2, 0.25) is 0 Å². The molecule has 0 aliphatic carbocycles. The summed E-state index contributed by atoms with van der Waals surface area (Å²) in [5.41, 5.74) is 4.72. The number of hydrogen-bond donors (Lipinski definition) is 0. The van der Waals surface area contributed by atoms with Crippen LogP contribution in [-0.2, 0) is 16.4 Å². The van der Waals surface area contributed by atoms with Crippen LogP contribution in [0.3, 0.4) is 0 Å². The van der Waals surface area contributed by atoms with Crippen molar-refractivity contribution < 1.29 is 8.42 Å². The first-order valence-corrected chi connectivity index (χ1v) is 10.9. The van der Waals surface area contributed by atoms with E-state index in [9.17, 15) is 8.42 Å². The molecule has 2 fully saturated rings. The fourth-order valence-electron chi connectivity index (χ4n) is 4.51. The highest BCUT2D eigenvalue weighted by Crippen LogP contribution is 2.29. The van der Waals surface area contributed by atoms with E-state index < -0.39 is 9.84 Å². The number of aromatic nitrogens is 2. The lowest BCUT2D eigenvalue weighted by atomic mass is 10.0. The molecule has 2 atom stereocenters. The second kappa shape index (κ2) is 6.48. The monoisotopic (exact) mass is 374 g/mol. The lowest BCUT2D eigenvalue weighted by Crippen LogP contribution is -2.57. The quantitative estimate of drug-likeness (QED) is 0.813. The molecule has 1 aromatic carbocycles. The normalized spacial score (nSPS) is 26.1. The molecular formula is C19H26N4O2S. The van der Waals surface area contributed by atoms with Gasteiger partial charge in [0.15, 0.2) is 9.84 Å². The van der Waals surface area contributed by atoms with E-state index in [1.165, 1.54) is 16.7 Å². The number of piperazine rings is 1. The molecule has 0 unspecified atom stereocenters. The summed E-state index contributed by atoms with van der Waals surface area (Å²) < 4.78 is 26.4. The Morgan fingerprint density at radius 1 is 1.15 bits per heavy atom. The van der Waals surface area contributed by atoms with Crippen molar-refractivity contribution in [3.8, 4) is 5.69 Å². The second-order valence-electron chi connectivity index (χ2n) is 7.70. The second-order valence-corrected chi connectivity index (χ2v) is 9.86. The molecule has 2 aromatic rings. The Bertz CT molecular complexity index is 908. The molecule has 2 saturated heterocycles. The van der Waals surface area contributed by atoms with Crippen molar-refractivity contribution in [1.82, 2.24) is 19.6 Å². The molecule has 26 heavy (non-hydrogen) atoms. The van der Waals surface area contributed by atoms with Gasteiger partial charge < -0.3 is 0 Å². The maximum atomic E-state index is 12.2. The summed E-state index contributed by atoms with van der Waals surface area (Å²) in [7, 11) is -0.914. The van der Waals surface area contributed by atoms with E-state index >= 15 is 0 Å². The number of nitrogens with zero attached hydrogens (tertiary/aromatic N) is 4. The van der Waals surface area contributed by atoms with Crippen molar-refractivity contribution in [3.05, 3.63) is 47.3 Å². The molecule has 0 spiro atoms. The number of rotatable bonds is 3. The molecule has 2 aliphatic rings. The van der Waals surface area contributed by atoms with Gasteiger partial charge in [-0.25, -0.2) is 13.1 Å². The summed E-state index contributed by atoms with van der Waals surface area (Å²) in [6.45, 7) is 6.76. The number of benzene rings is 1. The highest BCUT2D eigenvalue weighted by molar-refractivity contribution is 7.91. The zero-order chi connectivity index (χ0) is 18.5. The summed E-state index contributed by atoms with van der Waals surface area (Å²) in [5, 5.41) is 4.43. The summed E-state index contributed by atoms with van der Waals surface area (Å²) in [5.74, 6) is 0.549. The van der Waals surface area contributed by atoms with Crippen LogP contribution in [0.25, 0.3) is 5.69 Å². The fourth-order valence-corrected chi connectivity index (χ4v) is 6.60. The molecule has 1 aromatic heterocycles. The number of fused-ring (bicyclic) bond motifs is 1. The first-order valence-electron chi connectivity index (χ1n) is 9.09. The van der Waals surface area contributed by atoms with Crippen LogP contribution in [0.1, 0.15) is 16.7 Å². The number of aryl methyl sites for hydroxylation is 2. The zero-order valence-electron chi connectivity index (χ0n) is 15.6. The van der Waals surface area contributed by atoms with Gasteiger partial charge in [-0.05, 0) is 38.1 Å². The van der Waals surface area contributed by atoms with Crippen molar-refractivity contribution in [1.29, 1.82) is 0 Å². The molecule has 4 rings (SSSR count). The third kappa shape index (κ3) is 3.19. The Balaban J connectivity index is 1.69. The Labute approximate surface area is 155 Å². The molecule has 0 saturated carbocycles. The van der Waals surface area contributed by atoms with Crippen LogP contribution >= 0.6 is 0 Å². The predicted molar refractivity (Wildman–Crippen MR) is 102 cm³/mol. The predicted octanol–water partition coefficient (Wildman–Crippen LogP) is 1.40. The summed E-state index contributed by atoms with van der Waals surface area (Å²) in [4.78, 5) is 4.57. The topological polar surface area (TPSA) is 58.4 Å². The smallest absolute Gasteiger partial charge is 0.153 e. The maximum absolute atomic E-state index is 12.2. The third-order valence-corrected chi connectivity index (χ3v) is 7.40. The van der Waals surface area contributed by atoms with Crippen LogP contribution in [0.2, 0.25) is 0 Å². The highest BCUT2D eigenvalue weighted by atomic mass is 32.2. The van der Waals surface area contributed by atoms with Gasteiger partial charge in [0.1, 0.15) is 0 Å². The van der Waals surface area contributed by atoms with E-state index in [1.807, 2.05) is 24.0 Å². The van der Waals surface area contributed by atoms with Crippen LogP contribution in [0.15, 0.2) is 30.6 Å². The molecule has 2 aliphatic heterocycles. The highest BCUT2D eigenvalue weighted by Gasteiger charge is 2.45. The van der Waals surface area contributed by atoms with Gasteiger partial charge in [-0.1, -0.05) is 17.7 Å². The average molecular weight is 375 g/mol. The molecule has 3 heterocycles. The van der Waals surface area contributed by atoms with Crippen LogP contribution in [-0.4, -0.2) is 71.7 Å². The van der Waals surface area contributed by atoms with Crippen LogP contribution in [0.4, 0.5) is 0 Å². The Hall–Kier alpha value is -1.70. The van der Waals surface area contributed by atoms with Crippen LogP contribution in [0.5, 0.6) is 0 Å². The SMILES string of the molecule is Cc1cc(C)c(-n2cccn2)c(CN2CCN(C)[C@H]3CS(=O)(=O)C[C@H]32)c1. The van der Waals surface area contributed by atoms with Crippen molar-refractivity contribution in [3.63, 3.8) is 0 Å². The van der Waals surface area contributed by atoms with Gasteiger partial charge in [-0.2, -0.15) is 5.10 Å².